The van der Waals surface area contributed by atoms with Crippen molar-refractivity contribution in [1.29, 1.82) is 0 Å². The first kappa shape index (κ1) is 12.1. The molecule has 0 aliphatic carbocycles. The highest BCUT2D eigenvalue weighted by atomic mass is 16.4. The van der Waals surface area contributed by atoms with E-state index in [1.54, 1.807) is 6.07 Å². The highest BCUT2D eigenvalue weighted by Gasteiger charge is 2.14. The van der Waals surface area contributed by atoms with Crippen molar-refractivity contribution >= 4 is 5.97 Å². The van der Waals surface area contributed by atoms with Crippen molar-refractivity contribution in [1.82, 2.24) is 4.90 Å². The van der Waals surface area contributed by atoms with E-state index in [0.717, 1.165) is 18.5 Å². The van der Waals surface area contributed by atoms with Crippen LogP contribution in [0.3, 0.4) is 0 Å². The minimum atomic E-state index is -0.824. The molecular formula is C14H19NO2. The van der Waals surface area contributed by atoms with Gasteiger partial charge < -0.3 is 5.11 Å². The highest BCUT2D eigenvalue weighted by Crippen LogP contribution is 2.17. The van der Waals surface area contributed by atoms with Gasteiger partial charge in [0.15, 0.2) is 0 Å². The van der Waals surface area contributed by atoms with Crippen LogP contribution in [-0.2, 0) is 13.0 Å². The van der Waals surface area contributed by atoms with E-state index in [9.17, 15) is 4.79 Å². The van der Waals surface area contributed by atoms with Gasteiger partial charge in [-0.1, -0.05) is 19.1 Å². The summed E-state index contributed by atoms with van der Waals surface area (Å²) in [6.45, 7) is 5.29. The Morgan fingerprint density at radius 3 is 2.65 bits per heavy atom. The molecule has 0 spiro atoms. The quantitative estimate of drug-likeness (QED) is 0.868. The Morgan fingerprint density at radius 1 is 1.35 bits per heavy atom. The van der Waals surface area contributed by atoms with Crippen LogP contribution in [-0.4, -0.2) is 29.1 Å². The Labute approximate surface area is 102 Å². The molecule has 1 heterocycles. The Hall–Kier alpha value is -1.35. The smallest absolute Gasteiger partial charge is 0.335 e. The minimum absolute atomic E-state index is 0.442. The van der Waals surface area contributed by atoms with E-state index < -0.39 is 5.97 Å². The molecule has 0 saturated carbocycles. The van der Waals surface area contributed by atoms with Crippen molar-refractivity contribution in [3.63, 3.8) is 0 Å². The molecule has 0 atom stereocenters. The van der Waals surface area contributed by atoms with E-state index >= 15 is 0 Å². The van der Waals surface area contributed by atoms with Crippen molar-refractivity contribution in [3.05, 3.63) is 34.9 Å². The van der Waals surface area contributed by atoms with Crippen molar-refractivity contribution in [2.45, 2.75) is 32.7 Å². The third-order valence-corrected chi connectivity index (χ3v) is 3.39. The van der Waals surface area contributed by atoms with Gasteiger partial charge in [0.05, 0.1) is 5.56 Å². The second-order valence-corrected chi connectivity index (χ2v) is 4.63. The van der Waals surface area contributed by atoms with Crippen molar-refractivity contribution < 1.29 is 9.90 Å². The second-order valence-electron chi connectivity index (χ2n) is 4.63. The van der Waals surface area contributed by atoms with Crippen LogP contribution in [0.1, 0.15) is 41.3 Å². The number of hydrogen-bond donors (Lipinski definition) is 1. The molecule has 2 rings (SSSR count). The zero-order chi connectivity index (χ0) is 12.3. The van der Waals surface area contributed by atoms with E-state index in [1.807, 2.05) is 19.1 Å². The van der Waals surface area contributed by atoms with E-state index in [-0.39, 0.29) is 0 Å². The first-order chi connectivity index (χ1) is 8.20. The van der Waals surface area contributed by atoms with Gasteiger partial charge in [-0.2, -0.15) is 0 Å². The van der Waals surface area contributed by atoms with Gasteiger partial charge >= 0.3 is 5.97 Å². The Kier molecular flexibility index (Phi) is 3.79. The Morgan fingerprint density at radius 2 is 2.06 bits per heavy atom. The number of aryl methyl sites for hydroxylation is 1. The number of aromatic carboxylic acids is 1. The van der Waals surface area contributed by atoms with Gasteiger partial charge in [0, 0.05) is 6.54 Å². The molecule has 0 amide bonds. The number of nitrogens with zero attached hydrogens (tertiary/aromatic N) is 1. The summed E-state index contributed by atoms with van der Waals surface area (Å²) in [4.78, 5) is 13.5. The molecule has 17 heavy (non-hydrogen) atoms. The van der Waals surface area contributed by atoms with Gasteiger partial charge in [0.1, 0.15) is 0 Å². The van der Waals surface area contributed by atoms with E-state index in [0.29, 0.717) is 5.56 Å². The Bertz CT molecular complexity index is 409. The fourth-order valence-corrected chi connectivity index (χ4v) is 2.45. The maximum Gasteiger partial charge on any atom is 0.335 e. The number of carbonyl (C=O) groups is 1. The van der Waals surface area contributed by atoms with E-state index in [4.69, 9.17) is 5.11 Å². The molecule has 3 heteroatoms. The molecule has 0 bridgehead atoms. The molecule has 0 radical (unpaired) electrons. The summed E-state index contributed by atoms with van der Waals surface area (Å²) in [7, 11) is 0. The molecule has 1 aromatic rings. The topological polar surface area (TPSA) is 40.5 Å². The number of hydrogen-bond acceptors (Lipinski definition) is 2. The largest absolute Gasteiger partial charge is 0.478 e. The molecule has 1 aromatic carbocycles. The zero-order valence-electron chi connectivity index (χ0n) is 10.3. The first-order valence-electron chi connectivity index (χ1n) is 6.28. The number of carboxylic acid groups (broad SMARTS) is 1. The normalized spacial score (nSPS) is 16.3. The molecule has 1 aliphatic heterocycles. The van der Waals surface area contributed by atoms with Crippen LogP contribution in [0.4, 0.5) is 0 Å². The maximum atomic E-state index is 11.0. The van der Waals surface area contributed by atoms with Gasteiger partial charge in [-0.05, 0) is 49.5 Å². The number of likely N-dealkylation sites (tertiary alicyclic amines) is 1. The van der Waals surface area contributed by atoms with Gasteiger partial charge in [0.25, 0.3) is 0 Å². The summed E-state index contributed by atoms with van der Waals surface area (Å²) < 4.78 is 0. The summed E-state index contributed by atoms with van der Waals surface area (Å²) in [5, 5.41) is 9.06. The van der Waals surface area contributed by atoms with Crippen LogP contribution >= 0.6 is 0 Å². The molecule has 3 nitrogen and oxygen atoms in total. The molecular weight excluding hydrogens is 214 g/mol. The SMILES string of the molecule is CCc1cc(CN2CCCC2)ccc1C(=O)O. The van der Waals surface area contributed by atoms with Gasteiger partial charge in [-0.3, -0.25) is 4.90 Å². The summed E-state index contributed by atoms with van der Waals surface area (Å²) in [5.41, 5.74) is 2.61. The maximum absolute atomic E-state index is 11.0. The van der Waals surface area contributed by atoms with Crippen LogP contribution in [0.5, 0.6) is 0 Å². The number of benzene rings is 1. The second kappa shape index (κ2) is 5.32. The number of carboxylic acids is 1. The summed E-state index contributed by atoms with van der Waals surface area (Å²) >= 11 is 0. The van der Waals surface area contributed by atoms with Crippen molar-refractivity contribution in [2.75, 3.05) is 13.1 Å². The molecule has 0 unspecified atom stereocenters. The standard InChI is InChI=1S/C14H19NO2/c1-2-12-9-11(5-6-13(12)14(16)17)10-15-7-3-4-8-15/h5-6,9H,2-4,7-8,10H2,1H3,(H,16,17). The van der Waals surface area contributed by atoms with E-state index in [2.05, 4.69) is 4.90 Å². The lowest BCUT2D eigenvalue weighted by molar-refractivity contribution is 0.0695. The first-order valence-corrected chi connectivity index (χ1v) is 6.28. The lowest BCUT2D eigenvalue weighted by Crippen LogP contribution is -2.18. The van der Waals surface area contributed by atoms with Crippen molar-refractivity contribution in [2.24, 2.45) is 0 Å². The molecule has 0 aromatic heterocycles. The zero-order valence-corrected chi connectivity index (χ0v) is 10.3. The minimum Gasteiger partial charge on any atom is -0.478 e. The Balaban J connectivity index is 2.15. The lowest BCUT2D eigenvalue weighted by Gasteiger charge is -2.15. The average Bonchev–Trinajstić information content (AvgIpc) is 2.81. The predicted octanol–water partition coefficient (Wildman–Crippen LogP) is 2.54. The summed E-state index contributed by atoms with van der Waals surface area (Å²) in [6.07, 6.45) is 3.34. The van der Waals surface area contributed by atoms with Crippen LogP contribution in [0.15, 0.2) is 18.2 Å². The van der Waals surface area contributed by atoms with Crippen LogP contribution < -0.4 is 0 Å². The predicted molar refractivity (Wildman–Crippen MR) is 67.3 cm³/mol. The van der Waals surface area contributed by atoms with Gasteiger partial charge in [-0.25, -0.2) is 4.79 Å². The molecule has 92 valence electrons. The lowest BCUT2D eigenvalue weighted by atomic mass is 10.0. The van der Waals surface area contributed by atoms with Crippen LogP contribution in [0, 0.1) is 0 Å². The van der Waals surface area contributed by atoms with Crippen LogP contribution in [0.2, 0.25) is 0 Å². The third kappa shape index (κ3) is 2.86. The monoisotopic (exact) mass is 233 g/mol. The fraction of sp³-hybridized carbons (Fsp3) is 0.500. The molecule has 1 saturated heterocycles. The third-order valence-electron chi connectivity index (χ3n) is 3.39. The van der Waals surface area contributed by atoms with Crippen LogP contribution in [0.25, 0.3) is 0 Å². The molecule has 1 N–H and O–H groups in total. The summed E-state index contributed by atoms with van der Waals surface area (Å²) in [5.74, 6) is -0.824. The van der Waals surface area contributed by atoms with Gasteiger partial charge in [0.2, 0.25) is 0 Å². The summed E-state index contributed by atoms with van der Waals surface area (Å²) in [6, 6.07) is 5.73. The average molecular weight is 233 g/mol. The fourth-order valence-electron chi connectivity index (χ4n) is 2.45. The number of rotatable bonds is 4. The highest BCUT2D eigenvalue weighted by molar-refractivity contribution is 5.89. The van der Waals surface area contributed by atoms with Gasteiger partial charge in [-0.15, -0.1) is 0 Å². The molecule has 1 aliphatic rings. The van der Waals surface area contributed by atoms with E-state index in [1.165, 1.54) is 31.5 Å². The molecule has 1 fully saturated rings. The van der Waals surface area contributed by atoms with Crippen molar-refractivity contribution in [3.8, 4) is 0 Å².